The number of carbonyl (C=O) groups is 2. The van der Waals surface area contributed by atoms with Gasteiger partial charge in [-0.25, -0.2) is 0 Å². The molecule has 106 valence electrons. The molecule has 0 aromatic carbocycles. The molecule has 0 radical (unpaired) electrons. The molecule has 19 heavy (non-hydrogen) atoms. The lowest BCUT2D eigenvalue weighted by Gasteiger charge is -2.15. The molecule has 0 atom stereocenters. The van der Waals surface area contributed by atoms with Gasteiger partial charge in [-0.2, -0.15) is 0 Å². The highest BCUT2D eigenvalue weighted by Crippen LogP contribution is 1.99. The zero-order chi connectivity index (χ0) is 14.1. The highest BCUT2D eigenvalue weighted by molar-refractivity contribution is 5.77. The van der Waals surface area contributed by atoms with E-state index in [1.165, 1.54) is 7.11 Å². The maximum atomic E-state index is 11.6. The summed E-state index contributed by atoms with van der Waals surface area (Å²) in [5, 5.41) is 2.76. The predicted octanol–water partition coefficient (Wildman–Crippen LogP) is 0.781. The normalized spacial score (nSPS) is 10.5. The van der Waals surface area contributed by atoms with Gasteiger partial charge in [-0.05, 0) is 32.1 Å². The lowest BCUT2D eigenvalue weighted by atomic mass is 10.3. The van der Waals surface area contributed by atoms with Crippen molar-refractivity contribution < 1.29 is 18.7 Å². The third-order valence-corrected chi connectivity index (χ3v) is 2.60. The first-order valence-electron chi connectivity index (χ1n) is 6.16. The number of nitrogens with zero attached hydrogens (tertiary/aromatic N) is 1. The molecule has 1 amide bonds. The number of methoxy groups -OCH3 is 1. The lowest BCUT2D eigenvalue weighted by Crippen LogP contribution is -2.35. The van der Waals surface area contributed by atoms with Gasteiger partial charge in [0, 0.05) is 6.42 Å². The van der Waals surface area contributed by atoms with E-state index in [9.17, 15) is 9.59 Å². The molecule has 1 heterocycles. The number of likely N-dealkylation sites (N-methyl/N-ethyl adjacent to an activating group) is 1. The van der Waals surface area contributed by atoms with Gasteiger partial charge in [-0.1, -0.05) is 0 Å². The van der Waals surface area contributed by atoms with Gasteiger partial charge in [0.2, 0.25) is 5.91 Å². The van der Waals surface area contributed by atoms with E-state index in [-0.39, 0.29) is 11.9 Å². The van der Waals surface area contributed by atoms with E-state index in [0.29, 0.717) is 32.5 Å². The topological polar surface area (TPSA) is 71.8 Å². The Morgan fingerprint density at radius 1 is 1.47 bits per heavy atom. The molecule has 1 rings (SSSR count). The van der Waals surface area contributed by atoms with Gasteiger partial charge in [0.25, 0.3) is 0 Å². The molecule has 0 saturated heterocycles. The molecule has 0 aliphatic rings. The third-order valence-electron chi connectivity index (χ3n) is 2.60. The number of ether oxygens (including phenoxy) is 1. The van der Waals surface area contributed by atoms with E-state index >= 15 is 0 Å². The van der Waals surface area contributed by atoms with Gasteiger partial charge in [0.1, 0.15) is 5.76 Å². The zero-order valence-corrected chi connectivity index (χ0v) is 11.3. The van der Waals surface area contributed by atoms with Crippen LogP contribution in [-0.2, 0) is 20.9 Å². The number of furan rings is 1. The minimum absolute atomic E-state index is 0.0723. The van der Waals surface area contributed by atoms with Crippen molar-refractivity contribution in [1.29, 1.82) is 0 Å². The Labute approximate surface area is 112 Å². The fraction of sp³-hybridized carbons (Fsp3) is 0.538. The molecule has 1 N–H and O–H groups in total. The summed E-state index contributed by atoms with van der Waals surface area (Å²) < 4.78 is 9.66. The molecule has 6 nitrogen and oxygen atoms in total. The Bertz CT molecular complexity index is 389. The average molecular weight is 268 g/mol. The largest absolute Gasteiger partial charge is 0.469 e. The molecule has 0 fully saturated rings. The summed E-state index contributed by atoms with van der Waals surface area (Å²) in [4.78, 5) is 24.4. The van der Waals surface area contributed by atoms with E-state index in [0.717, 1.165) is 5.76 Å². The van der Waals surface area contributed by atoms with E-state index < -0.39 is 0 Å². The maximum absolute atomic E-state index is 11.6. The van der Waals surface area contributed by atoms with Crippen molar-refractivity contribution in [2.75, 3.05) is 27.2 Å². The second kappa shape index (κ2) is 8.31. The van der Waals surface area contributed by atoms with Crippen LogP contribution in [0.1, 0.15) is 18.6 Å². The summed E-state index contributed by atoms with van der Waals surface area (Å²) >= 11 is 0. The van der Waals surface area contributed by atoms with Crippen LogP contribution in [0, 0.1) is 0 Å². The molecule has 6 heteroatoms. The number of hydrogen-bond acceptors (Lipinski definition) is 5. The molecule has 0 bridgehead atoms. The van der Waals surface area contributed by atoms with E-state index in [1.54, 1.807) is 18.4 Å². The molecule has 0 aliphatic heterocycles. The van der Waals surface area contributed by atoms with Crippen LogP contribution >= 0.6 is 0 Å². The first-order valence-corrected chi connectivity index (χ1v) is 6.16. The predicted molar refractivity (Wildman–Crippen MR) is 69.3 cm³/mol. The fourth-order valence-electron chi connectivity index (χ4n) is 1.57. The fourth-order valence-corrected chi connectivity index (χ4v) is 1.57. The summed E-state index contributed by atoms with van der Waals surface area (Å²) in [5.41, 5.74) is 0. The van der Waals surface area contributed by atoms with Crippen LogP contribution in [0.2, 0.25) is 0 Å². The van der Waals surface area contributed by atoms with E-state index in [4.69, 9.17) is 4.42 Å². The van der Waals surface area contributed by atoms with Gasteiger partial charge in [-0.3, -0.25) is 14.5 Å². The Kier molecular flexibility index (Phi) is 6.67. The molecule has 0 saturated carbocycles. The third kappa shape index (κ3) is 6.61. The van der Waals surface area contributed by atoms with Crippen LogP contribution in [0.15, 0.2) is 22.8 Å². The number of hydrogen-bond donors (Lipinski definition) is 1. The van der Waals surface area contributed by atoms with Crippen molar-refractivity contribution in [2.24, 2.45) is 0 Å². The Morgan fingerprint density at radius 2 is 2.26 bits per heavy atom. The van der Waals surface area contributed by atoms with E-state index in [1.807, 2.05) is 11.9 Å². The minimum atomic E-state index is -0.226. The van der Waals surface area contributed by atoms with Crippen LogP contribution < -0.4 is 5.32 Å². The quantitative estimate of drug-likeness (QED) is 0.705. The van der Waals surface area contributed by atoms with Crippen LogP contribution in [0.5, 0.6) is 0 Å². The van der Waals surface area contributed by atoms with Gasteiger partial charge in [0.15, 0.2) is 0 Å². The smallest absolute Gasteiger partial charge is 0.305 e. The SMILES string of the molecule is COC(=O)CCCN(C)CC(=O)NCc1ccco1. The molecule has 1 aromatic rings. The molecule has 0 aliphatic carbocycles. The zero-order valence-electron chi connectivity index (χ0n) is 11.3. The Morgan fingerprint density at radius 3 is 2.89 bits per heavy atom. The summed E-state index contributed by atoms with van der Waals surface area (Å²) in [5.74, 6) is 0.425. The van der Waals surface area contributed by atoms with Gasteiger partial charge < -0.3 is 14.5 Å². The highest BCUT2D eigenvalue weighted by Gasteiger charge is 2.08. The number of amides is 1. The van der Waals surface area contributed by atoms with Crippen LogP contribution in [0.3, 0.4) is 0 Å². The molecule has 0 unspecified atom stereocenters. The minimum Gasteiger partial charge on any atom is -0.469 e. The summed E-state index contributed by atoms with van der Waals surface area (Å²) in [6.07, 6.45) is 2.61. The maximum Gasteiger partial charge on any atom is 0.305 e. The average Bonchev–Trinajstić information content (AvgIpc) is 2.89. The molecule has 0 spiro atoms. The monoisotopic (exact) mass is 268 g/mol. The van der Waals surface area contributed by atoms with Crippen molar-refractivity contribution in [1.82, 2.24) is 10.2 Å². The van der Waals surface area contributed by atoms with Crippen molar-refractivity contribution >= 4 is 11.9 Å². The Hall–Kier alpha value is -1.82. The lowest BCUT2D eigenvalue weighted by molar-refractivity contribution is -0.140. The first-order chi connectivity index (χ1) is 9.11. The van der Waals surface area contributed by atoms with Crippen LogP contribution in [0.4, 0.5) is 0 Å². The second-order valence-corrected chi connectivity index (χ2v) is 4.27. The Balaban J connectivity index is 2.12. The van der Waals surface area contributed by atoms with Crippen molar-refractivity contribution in [3.05, 3.63) is 24.2 Å². The van der Waals surface area contributed by atoms with Crippen molar-refractivity contribution in [3.63, 3.8) is 0 Å². The van der Waals surface area contributed by atoms with Gasteiger partial charge in [-0.15, -0.1) is 0 Å². The summed E-state index contributed by atoms with van der Waals surface area (Å²) in [6, 6.07) is 3.58. The van der Waals surface area contributed by atoms with Gasteiger partial charge in [0.05, 0.1) is 26.5 Å². The van der Waals surface area contributed by atoms with Crippen LogP contribution in [-0.4, -0.2) is 44.0 Å². The summed E-state index contributed by atoms with van der Waals surface area (Å²) in [7, 11) is 3.21. The van der Waals surface area contributed by atoms with Crippen molar-refractivity contribution in [3.8, 4) is 0 Å². The molecular weight excluding hydrogens is 248 g/mol. The number of carbonyl (C=O) groups excluding carboxylic acids is 2. The number of nitrogens with one attached hydrogen (secondary N) is 1. The number of rotatable bonds is 8. The number of esters is 1. The molecule has 1 aromatic heterocycles. The standard InChI is InChI=1S/C13H20N2O4/c1-15(7-3-6-13(17)18-2)10-12(16)14-9-11-5-4-8-19-11/h4-5,8H,3,6-7,9-10H2,1-2H3,(H,14,16). The van der Waals surface area contributed by atoms with Crippen molar-refractivity contribution in [2.45, 2.75) is 19.4 Å². The van der Waals surface area contributed by atoms with E-state index in [2.05, 4.69) is 10.1 Å². The summed E-state index contributed by atoms with van der Waals surface area (Å²) in [6.45, 7) is 1.35. The van der Waals surface area contributed by atoms with Crippen LogP contribution in [0.25, 0.3) is 0 Å². The second-order valence-electron chi connectivity index (χ2n) is 4.27. The highest BCUT2D eigenvalue weighted by atomic mass is 16.5. The van der Waals surface area contributed by atoms with Gasteiger partial charge >= 0.3 is 5.97 Å². The first kappa shape index (κ1) is 15.2. The molecular formula is C13H20N2O4.